The van der Waals surface area contributed by atoms with Crippen molar-refractivity contribution in [3.8, 4) is 5.75 Å². The Morgan fingerprint density at radius 1 is 1.00 bits per heavy atom. The molecule has 0 saturated heterocycles. The van der Waals surface area contributed by atoms with Gasteiger partial charge in [-0.2, -0.15) is 11.8 Å². The van der Waals surface area contributed by atoms with Crippen LogP contribution in [0.15, 0.2) is 65.6 Å². The molecule has 0 aliphatic carbocycles. The van der Waals surface area contributed by atoms with Crippen molar-refractivity contribution in [1.82, 2.24) is 5.32 Å². The lowest BCUT2D eigenvalue weighted by Gasteiger charge is -2.24. The molecule has 3 aromatic carbocycles. The molecule has 0 bridgehead atoms. The molecule has 36 heavy (non-hydrogen) atoms. The summed E-state index contributed by atoms with van der Waals surface area (Å²) in [5.41, 5.74) is 2.00. The van der Waals surface area contributed by atoms with Crippen LogP contribution in [0, 0.1) is 6.92 Å². The smallest absolute Gasteiger partial charge is 0.264 e. The Balaban J connectivity index is 1.70. The third-order valence-electron chi connectivity index (χ3n) is 5.20. The number of thioether (sulfide) groups is 1. The van der Waals surface area contributed by atoms with Crippen LogP contribution < -0.4 is 14.4 Å². The maximum Gasteiger partial charge on any atom is 0.264 e. The van der Waals surface area contributed by atoms with Crippen LogP contribution >= 0.6 is 46.6 Å². The fourth-order valence-electron chi connectivity index (χ4n) is 3.26. The minimum atomic E-state index is -4.04. The molecule has 0 radical (unpaired) electrons. The minimum Gasteiger partial charge on any atom is -0.495 e. The summed E-state index contributed by atoms with van der Waals surface area (Å²) in [6.45, 7) is 1.79. The van der Waals surface area contributed by atoms with Gasteiger partial charge in [-0.05, 0) is 55.0 Å². The highest BCUT2D eigenvalue weighted by Crippen LogP contribution is 2.32. The number of nitrogens with one attached hydrogen (secondary N) is 1. The Bertz CT molecular complexity index is 1300. The minimum absolute atomic E-state index is 0.0695. The van der Waals surface area contributed by atoms with Crippen LogP contribution in [0.5, 0.6) is 5.75 Å². The number of nitrogens with zero attached hydrogens (tertiary/aromatic N) is 1. The molecule has 0 heterocycles. The molecule has 0 fully saturated rings. The molecular formula is C25H25Cl3N2O4S2. The SMILES string of the molecule is COc1ccc(N(CC(=O)NCCSCc2c(Cl)cccc2Cl)S(=O)(=O)c2ccc(C)cc2)cc1Cl. The predicted octanol–water partition coefficient (Wildman–Crippen LogP) is 6.21. The van der Waals surface area contributed by atoms with Crippen molar-refractivity contribution in [2.45, 2.75) is 17.6 Å². The molecule has 11 heteroatoms. The van der Waals surface area contributed by atoms with E-state index in [9.17, 15) is 13.2 Å². The van der Waals surface area contributed by atoms with E-state index in [2.05, 4.69) is 5.32 Å². The fraction of sp³-hybridized carbons (Fsp3) is 0.240. The maximum absolute atomic E-state index is 13.5. The highest BCUT2D eigenvalue weighted by Gasteiger charge is 2.27. The number of benzene rings is 3. The number of rotatable bonds is 11. The van der Waals surface area contributed by atoms with Gasteiger partial charge in [0.15, 0.2) is 0 Å². The standard InChI is InChI=1S/C25H25Cl3N2O4S2/c1-17-6-9-19(10-7-17)36(32,33)30(18-8-11-24(34-2)23(28)14-18)15-25(31)29-12-13-35-16-20-21(26)4-3-5-22(20)27/h3-11,14H,12-13,15-16H2,1-2H3,(H,29,31). The summed E-state index contributed by atoms with van der Waals surface area (Å²) in [5, 5.41) is 4.19. The van der Waals surface area contributed by atoms with Gasteiger partial charge < -0.3 is 10.1 Å². The number of halogens is 3. The van der Waals surface area contributed by atoms with Gasteiger partial charge in [0.2, 0.25) is 5.91 Å². The maximum atomic E-state index is 13.5. The van der Waals surface area contributed by atoms with E-state index in [4.69, 9.17) is 39.5 Å². The van der Waals surface area contributed by atoms with Crippen molar-refractivity contribution in [2.24, 2.45) is 0 Å². The summed E-state index contributed by atoms with van der Waals surface area (Å²) >= 11 is 20.2. The quantitative estimate of drug-likeness (QED) is 0.270. The topological polar surface area (TPSA) is 75.7 Å². The van der Waals surface area contributed by atoms with E-state index in [1.165, 1.54) is 25.3 Å². The first-order chi connectivity index (χ1) is 17.1. The number of hydrogen-bond acceptors (Lipinski definition) is 5. The van der Waals surface area contributed by atoms with Crippen LogP contribution in [0.4, 0.5) is 5.69 Å². The zero-order valence-corrected chi connectivity index (χ0v) is 23.5. The Hall–Kier alpha value is -2.10. The molecule has 0 atom stereocenters. The van der Waals surface area contributed by atoms with E-state index < -0.39 is 22.5 Å². The molecule has 0 aliphatic heterocycles. The third kappa shape index (κ3) is 7.23. The fourth-order valence-corrected chi connectivity index (χ4v) is 6.52. The summed E-state index contributed by atoms with van der Waals surface area (Å²) in [4.78, 5) is 12.9. The van der Waals surface area contributed by atoms with Gasteiger partial charge in [-0.15, -0.1) is 0 Å². The Kier molecular flexibility index (Phi) is 10.2. The predicted molar refractivity (Wildman–Crippen MR) is 149 cm³/mol. The highest BCUT2D eigenvalue weighted by molar-refractivity contribution is 7.98. The van der Waals surface area contributed by atoms with Gasteiger partial charge >= 0.3 is 0 Å². The van der Waals surface area contributed by atoms with Crippen molar-refractivity contribution >= 4 is 68.2 Å². The van der Waals surface area contributed by atoms with Gasteiger partial charge in [0.05, 0.1) is 22.7 Å². The lowest BCUT2D eigenvalue weighted by Crippen LogP contribution is -2.41. The van der Waals surface area contributed by atoms with E-state index in [1.807, 2.05) is 6.92 Å². The third-order valence-corrected chi connectivity index (χ3v) is 8.97. The van der Waals surface area contributed by atoms with Crippen LogP contribution in [0.1, 0.15) is 11.1 Å². The second kappa shape index (κ2) is 12.9. The van der Waals surface area contributed by atoms with Crippen LogP contribution in [-0.2, 0) is 20.6 Å². The van der Waals surface area contributed by atoms with E-state index in [0.29, 0.717) is 33.8 Å². The van der Waals surface area contributed by atoms with Gasteiger partial charge in [-0.3, -0.25) is 9.10 Å². The van der Waals surface area contributed by atoms with E-state index in [1.54, 1.807) is 54.2 Å². The van der Waals surface area contributed by atoms with Crippen LogP contribution in [0.3, 0.4) is 0 Å². The van der Waals surface area contributed by atoms with Gasteiger partial charge in [-0.25, -0.2) is 8.42 Å². The van der Waals surface area contributed by atoms with Crippen molar-refractivity contribution < 1.29 is 17.9 Å². The molecular weight excluding hydrogens is 563 g/mol. The largest absolute Gasteiger partial charge is 0.495 e. The Morgan fingerprint density at radius 3 is 2.28 bits per heavy atom. The Labute approximate surface area is 230 Å². The van der Waals surface area contributed by atoms with E-state index in [-0.39, 0.29) is 15.6 Å². The number of amides is 1. The summed E-state index contributed by atoms with van der Waals surface area (Å²) in [6, 6.07) is 16.3. The molecule has 192 valence electrons. The Morgan fingerprint density at radius 2 is 1.67 bits per heavy atom. The normalized spacial score (nSPS) is 11.2. The van der Waals surface area contributed by atoms with E-state index in [0.717, 1.165) is 15.4 Å². The van der Waals surface area contributed by atoms with Gasteiger partial charge in [-0.1, -0.05) is 58.6 Å². The molecule has 0 saturated carbocycles. The zero-order chi connectivity index (χ0) is 26.3. The number of aryl methyl sites for hydroxylation is 1. The van der Waals surface area contributed by atoms with Crippen molar-refractivity contribution in [3.63, 3.8) is 0 Å². The molecule has 3 rings (SSSR count). The first kappa shape index (κ1) is 28.5. The summed E-state index contributed by atoms with van der Waals surface area (Å²) < 4.78 is 33.2. The van der Waals surface area contributed by atoms with Crippen LogP contribution in [-0.4, -0.2) is 40.3 Å². The van der Waals surface area contributed by atoms with Crippen molar-refractivity contribution in [2.75, 3.05) is 30.3 Å². The number of anilines is 1. The molecule has 0 unspecified atom stereocenters. The number of sulfonamides is 1. The molecule has 3 aromatic rings. The number of methoxy groups -OCH3 is 1. The molecule has 6 nitrogen and oxygen atoms in total. The second-order valence-corrected chi connectivity index (χ2v) is 11.9. The molecule has 1 amide bonds. The molecule has 0 spiro atoms. The first-order valence-electron chi connectivity index (χ1n) is 10.8. The number of carbonyl (C=O) groups is 1. The lowest BCUT2D eigenvalue weighted by molar-refractivity contribution is -0.119. The van der Waals surface area contributed by atoms with Crippen molar-refractivity contribution in [1.29, 1.82) is 0 Å². The van der Waals surface area contributed by atoms with Crippen molar-refractivity contribution in [3.05, 3.63) is 86.9 Å². The second-order valence-electron chi connectivity index (χ2n) is 7.75. The monoisotopic (exact) mass is 586 g/mol. The number of ether oxygens (including phenoxy) is 1. The van der Waals surface area contributed by atoms with Gasteiger partial charge in [0.25, 0.3) is 10.0 Å². The van der Waals surface area contributed by atoms with E-state index >= 15 is 0 Å². The zero-order valence-electron chi connectivity index (χ0n) is 19.6. The lowest BCUT2D eigenvalue weighted by atomic mass is 10.2. The molecule has 0 aliphatic rings. The summed E-state index contributed by atoms with van der Waals surface area (Å²) in [7, 11) is -2.58. The molecule has 1 N–H and O–H groups in total. The van der Waals surface area contributed by atoms with Crippen LogP contribution in [0.25, 0.3) is 0 Å². The summed E-state index contributed by atoms with van der Waals surface area (Å²) in [5.74, 6) is 1.13. The van der Waals surface area contributed by atoms with Gasteiger partial charge in [0, 0.05) is 28.1 Å². The first-order valence-corrected chi connectivity index (χ1v) is 14.6. The average Bonchev–Trinajstić information content (AvgIpc) is 2.84. The highest BCUT2D eigenvalue weighted by atomic mass is 35.5. The number of carbonyl (C=O) groups excluding carboxylic acids is 1. The molecule has 0 aromatic heterocycles. The summed E-state index contributed by atoms with van der Waals surface area (Å²) in [6.07, 6.45) is 0. The van der Waals surface area contributed by atoms with Gasteiger partial charge in [0.1, 0.15) is 12.3 Å². The number of hydrogen-bond donors (Lipinski definition) is 1. The van der Waals surface area contributed by atoms with Crippen LogP contribution in [0.2, 0.25) is 15.1 Å². The average molecular weight is 588 g/mol.